The molecule has 1 aromatic heterocycles. The molecule has 0 unspecified atom stereocenters. The average Bonchev–Trinajstić information content (AvgIpc) is 3.11. The third-order valence-corrected chi connectivity index (χ3v) is 4.43. The molecule has 3 N–H and O–H groups in total. The highest BCUT2D eigenvalue weighted by Gasteiger charge is 2.35. The van der Waals surface area contributed by atoms with Crippen LogP contribution in [0.3, 0.4) is 0 Å². The minimum atomic E-state index is -0.176. The Hall–Kier alpha value is -2.34. The van der Waals surface area contributed by atoms with Crippen molar-refractivity contribution in [2.45, 2.75) is 19.4 Å². The molecular formula is C17H21N3O3. The number of hydrogen-bond acceptors (Lipinski definition) is 3. The number of para-hydroxylation sites is 1. The highest BCUT2D eigenvalue weighted by Crippen LogP contribution is 2.21. The molecule has 0 saturated carbocycles. The number of aromatic nitrogens is 1. The van der Waals surface area contributed by atoms with E-state index in [1.54, 1.807) is 4.90 Å². The second kappa shape index (κ2) is 6.42. The van der Waals surface area contributed by atoms with Gasteiger partial charge in [0.25, 0.3) is 0 Å². The SMILES string of the molecule is CC(=O)N[C@@H]1CN(C(=O)Cc2c[nH]c3ccccc23)C[C@H]1CO. The molecule has 0 spiro atoms. The fourth-order valence-electron chi connectivity index (χ4n) is 3.24. The molecule has 1 aliphatic heterocycles. The van der Waals surface area contributed by atoms with Gasteiger partial charge in [-0.3, -0.25) is 9.59 Å². The Bertz CT molecular complexity index is 725. The summed E-state index contributed by atoms with van der Waals surface area (Å²) in [6.07, 6.45) is 2.18. The van der Waals surface area contributed by atoms with Gasteiger partial charge in [0.15, 0.2) is 0 Å². The van der Waals surface area contributed by atoms with Crippen molar-refractivity contribution in [1.82, 2.24) is 15.2 Å². The molecule has 6 heteroatoms. The molecule has 2 aromatic rings. The van der Waals surface area contributed by atoms with E-state index in [1.807, 2.05) is 30.5 Å². The van der Waals surface area contributed by atoms with E-state index in [1.165, 1.54) is 6.92 Å². The van der Waals surface area contributed by atoms with Crippen molar-refractivity contribution in [2.75, 3.05) is 19.7 Å². The van der Waals surface area contributed by atoms with Gasteiger partial charge in [-0.05, 0) is 11.6 Å². The predicted octanol–water partition coefficient (Wildman–Crippen LogP) is 0.666. The summed E-state index contributed by atoms with van der Waals surface area (Å²) in [4.78, 5) is 28.7. The van der Waals surface area contributed by atoms with Gasteiger partial charge in [-0.15, -0.1) is 0 Å². The van der Waals surface area contributed by atoms with Gasteiger partial charge in [0.05, 0.1) is 12.5 Å². The number of H-pyrrole nitrogens is 1. The summed E-state index contributed by atoms with van der Waals surface area (Å²) in [6, 6.07) is 7.70. The van der Waals surface area contributed by atoms with Crippen molar-refractivity contribution in [1.29, 1.82) is 0 Å². The zero-order valence-electron chi connectivity index (χ0n) is 13.1. The fraction of sp³-hybridized carbons (Fsp3) is 0.412. The molecule has 6 nitrogen and oxygen atoms in total. The molecule has 1 saturated heterocycles. The number of rotatable bonds is 4. The van der Waals surface area contributed by atoms with Crippen LogP contribution in [0.5, 0.6) is 0 Å². The fourth-order valence-corrected chi connectivity index (χ4v) is 3.24. The third kappa shape index (κ3) is 3.22. The zero-order chi connectivity index (χ0) is 16.4. The van der Waals surface area contributed by atoms with Gasteiger partial charge >= 0.3 is 0 Å². The van der Waals surface area contributed by atoms with Gasteiger partial charge < -0.3 is 20.3 Å². The first kappa shape index (κ1) is 15.6. The van der Waals surface area contributed by atoms with Crippen LogP contribution in [0.4, 0.5) is 0 Å². The lowest BCUT2D eigenvalue weighted by Crippen LogP contribution is -2.40. The summed E-state index contributed by atoms with van der Waals surface area (Å²) in [7, 11) is 0. The van der Waals surface area contributed by atoms with Crippen LogP contribution in [0, 0.1) is 5.92 Å². The van der Waals surface area contributed by atoms with Crippen LogP contribution >= 0.6 is 0 Å². The third-order valence-electron chi connectivity index (χ3n) is 4.43. The Morgan fingerprint density at radius 3 is 2.87 bits per heavy atom. The second-order valence-electron chi connectivity index (χ2n) is 6.08. The maximum absolute atomic E-state index is 12.6. The van der Waals surface area contributed by atoms with E-state index in [4.69, 9.17) is 0 Å². The molecule has 1 aliphatic rings. The van der Waals surface area contributed by atoms with Gasteiger partial charge in [-0.25, -0.2) is 0 Å². The summed E-state index contributed by atoms with van der Waals surface area (Å²) in [6.45, 7) is 2.33. The number of benzene rings is 1. The summed E-state index contributed by atoms with van der Waals surface area (Å²) in [5.74, 6) is -0.230. The van der Waals surface area contributed by atoms with E-state index in [-0.39, 0.29) is 30.4 Å². The topological polar surface area (TPSA) is 85.4 Å². The van der Waals surface area contributed by atoms with Crippen LogP contribution in [0.25, 0.3) is 10.9 Å². The van der Waals surface area contributed by atoms with Crippen molar-refractivity contribution < 1.29 is 14.7 Å². The van der Waals surface area contributed by atoms with Crippen LogP contribution in [0.2, 0.25) is 0 Å². The standard InChI is InChI=1S/C17H21N3O3/c1-11(22)19-16-9-20(8-13(16)10-21)17(23)6-12-7-18-15-5-3-2-4-14(12)15/h2-5,7,13,16,18,21H,6,8-10H2,1H3,(H,19,22)/t13-,16+/m0/s1. The molecule has 2 atom stereocenters. The maximum Gasteiger partial charge on any atom is 0.227 e. The molecule has 0 radical (unpaired) electrons. The number of hydrogen-bond donors (Lipinski definition) is 3. The van der Waals surface area contributed by atoms with Gasteiger partial charge in [0.1, 0.15) is 0 Å². The Morgan fingerprint density at radius 1 is 1.35 bits per heavy atom. The van der Waals surface area contributed by atoms with Crippen LogP contribution in [0.15, 0.2) is 30.5 Å². The number of aliphatic hydroxyl groups is 1. The molecular weight excluding hydrogens is 294 g/mol. The number of fused-ring (bicyclic) bond motifs is 1. The zero-order valence-corrected chi connectivity index (χ0v) is 13.1. The van der Waals surface area contributed by atoms with E-state index < -0.39 is 0 Å². The molecule has 23 heavy (non-hydrogen) atoms. The number of likely N-dealkylation sites (tertiary alicyclic amines) is 1. The van der Waals surface area contributed by atoms with Crippen molar-refractivity contribution in [3.8, 4) is 0 Å². The molecule has 2 amide bonds. The smallest absolute Gasteiger partial charge is 0.227 e. The lowest BCUT2D eigenvalue weighted by molar-refractivity contribution is -0.129. The van der Waals surface area contributed by atoms with Gasteiger partial charge in [-0.2, -0.15) is 0 Å². The van der Waals surface area contributed by atoms with Crippen LogP contribution in [-0.4, -0.2) is 52.5 Å². The first-order valence-electron chi connectivity index (χ1n) is 7.79. The Labute approximate surface area is 134 Å². The van der Waals surface area contributed by atoms with Gasteiger partial charge in [-0.1, -0.05) is 18.2 Å². The van der Waals surface area contributed by atoms with E-state index in [9.17, 15) is 14.7 Å². The first-order valence-corrected chi connectivity index (χ1v) is 7.79. The number of aliphatic hydroxyl groups excluding tert-OH is 1. The predicted molar refractivity (Wildman–Crippen MR) is 86.8 cm³/mol. The summed E-state index contributed by atoms with van der Waals surface area (Å²) >= 11 is 0. The minimum Gasteiger partial charge on any atom is -0.396 e. The van der Waals surface area contributed by atoms with E-state index >= 15 is 0 Å². The monoisotopic (exact) mass is 315 g/mol. The Balaban J connectivity index is 1.70. The lowest BCUT2D eigenvalue weighted by atomic mass is 10.1. The van der Waals surface area contributed by atoms with Crippen molar-refractivity contribution >= 4 is 22.7 Å². The number of carbonyl (C=O) groups is 2. The number of nitrogens with zero attached hydrogens (tertiary/aromatic N) is 1. The molecule has 0 bridgehead atoms. The molecule has 2 heterocycles. The summed E-state index contributed by atoms with van der Waals surface area (Å²) < 4.78 is 0. The van der Waals surface area contributed by atoms with Crippen molar-refractivity contribution in [3.63, 3.8) is 0 Å². The first-order chi connectivity index (χ1) is 11.1. The Morgan fingerprint density at radius 2 is 2.13 bits per heavy atom. The van der Waals surface area contributed by atoms with E-state index in [2.05, 4.69) is 10.3 Å². The highest BCUT2D eigenvalue weighted by molar-refractivity contribution is 5.89. The average molecular weight is 315 g/mol. The number of amides is 2. The van der Waals surface area contributed by atoms with E-state index in [0.29, 0.717) is 19.5 Å². The quantitative estimate of drug-likeness (QED) is 0.775. The van der Waals surface area contributed by atoms with Crippen LogP contribution in [0.1, 0.15) is 12.5 Å². The molecule has 1 aromatic carbocycles. The molecule has 122 valence electrons. The van der Waals surface area contributed by atoms with Crippen molar-refractivity contribution in [2.24, 2.45) is 5.92 Å². The second-order valence-corrected chi connectivity index (χ2v) is 6.08. The van der Waals surface area contributed by atoms with Gasteiger partial charge in [0.2, 0.25) is 11.8 Å². The van der Waals surface area contributed by atoms with Gasteiger partial charge in [0, 0.05) is 49.6 Å². The number of aromatic amines is 1. The van der Waals surface area contributed by atoms with Crippen molar-refractivity contribution in [3.05, 3.63) is 36.0 Å². The normalized spacial score (nSPS) is 20.9. The highest BCUT2D eigenvalue weighted by atomic mass is 16.3. The maximum atomic E-state index is 12.6. The number of nitrogens with one attached hydrogen (secondary N) is 2. The molecule has 3 rings (SSSR count). The van der Waals surface area contributed by atoms with E-state index in [0.717, 1.165) is 16.5 Å². The van der Waals surface area contributed by atoms with Crippen LogP contribution in [-0.2, 0) is 16.0 Å². The van der Waals surface area contributed by atoms with Crippen LogP contribution < -0.4 is 5.32 Å². The Kier molecular flexibility index (Phi) is 4.34. The lowest BCUT2D eigenvalue weighted by Gasteiger charge is -2.16. The summed E-state index contributed by atoms with van der Waals surface area (Å²) in [5.41, 5.74) is 1.98. The largest absolute Gasteiger partial charge is 0.396 e. The number of carbonyl (C=O) groups excluding carboxylic acids is 2. The summed E-state index contributed by atoms with van der Waals surface area (Å²) in [5, 5.41) is 13.3. The minimum absolute atomic E-state index is 0.0149. The molecule has 0 aliphatic carbocycles. The molecule has 1 fully saturated rings.